The Kier molecular flexibility index (Phi) is 4.24. The van der Waals surface area contributed by atoms with Gasteiger partial charge in [-0.2, -0.15) is 4.31 Å². The van der Waals surface area contributed by atoms with Gasteiger partial charge in [0, 0.05) is 50.3 Å². The molecule has 0 unspecified atom stereocenters. The van der Waals surface area contributed by atoms with Gasteiger partial charge in [-0.3, -0.25) is 4.90 Å². The molecular weight excluding hydrogens is 344 g/mol. The summed E-state index contributed by atoms with van der Waals surface area (Å²) in [4.78, 5) is 8.06. The Morgan fingerprint density at radius 3 is 2.75 bits per heavy atom. The van der Waals surface area contributed by atoms with Gasteiger partial charge in [0.25, 0.3) is 10.0 Å². The van der Waals surface area contributed by atoms with E-state index in [4.69, 9.17) is 0 Å². The Hall–Kier alpha value is -1.22. The minimum Gasteiger partial charge on any atom is -0.339 e. The fourth-order valence-corrected chi connectivity index (χ4v) is 6.01. The average Bonchev–Trinajstić information content (AvgIpc) is 3.23. The largest absolute Gasteiger partial charge is 0.339 e. The van der Waals surface area contributed by atoms with E-state index in [1.807, 2.05) is 11.3 Å². The quantitative estimate of drug-likeness (QED) is 0.830. The predicted molar refractivity (Wildman–Crippen MR) is 93.4 cm³/mol. The number of nitrogens with zero attached hydrogens (tertiary/aromatic N) is 4. The number of hydrogen-bond donors (Lipinski definition) is 0. The van der Waals surface area contributed by atoms with Crippen LogP contribution in [0.15, 0.2) is 29.0 Å². The smallest absolute Gasteiger partial charge is 0.262 e. The van der Waals surface area contributed by atoms with Crippen LogP contribution in [0, 0.1) is 0 Å². The number of aromatic nitrogens is 2. The van der Waals surface area contributed by atoms with Gasteiger partial charge in [0.15, 0.2) is 5.03 Å². The maximum absolute atomic E-state index is 12.7. The third-order valence-electron chi connectivity index (χ3n) is 5.06. The first-order chi connectivity index (χ1) is 11.5. The van der Waals surface area contributed by atoms with Gasteiger partial charge in [0.05, 0.1) is 6.33 Å². The summed E-state index contributed by atoms with van der Waals surface area (Å²) in [6.45, 7) is 3.26. The molecule has 0 spiro atoms. The lowest BCUT2D eigenvalue weighted by molar-refractivity contribution is 0.127. The summed E-state index contributed by atoms with van der Waals surface area (Å²) in [6.07, 6.45) is 6.02. The highest BCUT2D eigenvalue weighted by Crippen LogP contribution is 2.29. The van der Waals surface area contributed by atoms with Crippen molar-refractivity contribution in [2.75, 3.05) is 19.6 Å². The third-order valence-corrected chi connectivity index (χ3v) is 7.87. The summed E-state index contributed by atoms with van der Waals surface area (Å²) >= 11 is 1.85. The molecule has 0 amide bonds. The van der Waals surface area contributed by atoms with Gasteiger partial charge >= 0.3 is 0 Å². The average molecular weight is 367 g/mol. The van der Waals surface area contributed by atoms with Gasteiger partial charge in [-0.25, -0.2) is 13.4 Å². The molecule has 1 fully saturated rings. The molecule has 1 saturated heterocycles. The van der Waals surface area contributed by atoms with E-state index in [1.54, 1.807) is 22.1 Å². The molecule has 0 atom stereocenters. The SMILES string of the molecule is Cn1cnc(S(=O)(=O)N2CCC(N3CCc4sccc4C3)CC2)c1. The molecule has 0 N–H and O–H groups in total. The summed E-state index contributed by atoms with van der Waals surface area (Å²) in [5.74, 6) is 0. The Morgan fingerprint density at radius 2 is 2.04 bits per heavy atom. The second kappa shape index (κ2) is 6.25. The van der Waals surface area contributed by atoms with Crippen LogP contribution in [0.3, 0.4) is 0 Å². The Labute approximate surface area is 146 Å². The molecule has 2 aromatic heterocycles. The predicted octanol–water partition coefficient (Wildman–Crippen LogP) is 1.69. The lowest BCUT2D eigenvalue weighted by Gasteiger charge is -2.39. The van der Waals surface area contributed by atoms with E-state index >= 15 is 0 Å². The highest BCUT2D eigenvalue weighted by Gasteiger charge is 2.33. The van der Waals surface area contributed by atoms with Crippen LogP contribution in [0.25, 0.3) is 0 Å². The number of fused-ring (bicyclic) bond motifs is 1. The van der Waals surface area contributed by atoms with Crippen LogP contribution in [0.1, 0.15) is 23.3 Å². The number of imidazole rings is 1. The summed E-state index contributed by atoms with van der Waals surface area (Å²) in [6, 6.07) is 2.71. The van der Waals surface area contributed by atoms with Gasteiger partial charge in [-0.1, -0.05) is 0 Å². The maximum atomic E-state index is 12.7. The molecule has 6 nitrogen and oxygen atoms in total. The lowest BCUT2D eigenvalue weighted by atomic mass is 10.0. The molecule has 24 heavy (non-hydrogen) atoms. The van der Waals surface area contributed by atoms with Crippen molar-refractivity contribution in [3.05, 3.63) is 34.4 Å². The number of aryl methyl sites for hydroxylation is 1. The minimum absolute atomic E-state index is 0.157. The van der Waals surface area contributed by atoms with Crippen molar-refractivity contribution in [2.24, 2.45) is 7.05 Å². The fraction of sp³-hybridized carbons (Fsp3) is 0.562. The molecule has 4 heterocycles. The van der Waals surface area contributed by atoms with Crippen molar-refractivity contribution in [3.8, 4) is 0 Å². The Morgan fingerprint density at radius 1 is 1.25 bits per heavy atom. The van der Waals surface area contributed by atoms with E-state index in [1.165, 1.54) is 16.8 Å². The first-order valence-corrected chi connectivity index (χ1v) is 10.6. The molecule has 4 rings (SSSR count). The Balaban J connectivity index is 1.40. The van der Waals surface area contributed by atoms with Crippen molar-refractivity contribution in [3.63, 3.8) is 0 Å². The molecular formula is C16H22N4O2S2. The van der Waals surface area contributed by atoms with E-state index in [9.17, 15) is 8.42 Å². The van der Waals surface area contributed by atoms with Gasteiger partial charge < -0.3 is 4.57 Å². The first-order valence-electron chi connectivity index (χ1n) is 8.31. The van der Waals surface area contributed by atoms with Crippen LogP contribution in [0.5, 0.6) is 0 Å². The molecule has 130 valence electrons. The highest BCUT2D eigenvalue weighted by atomic mass is 32.2. The van der Waals surface area contributed by atoms with Gasteiger partial charge in [0.2, 0.25) is 0 Å². The van der Waals surface area contributed by atoms with E-state index in [2.05, 4.69) is 21.3 Å². The van der Waals surface area contributed by atoms with Crippen LogP contribution in [0.4, 0.5) is 0 Å². The zero-order valence-electron chi connectivity index (χ0n) is 13.8. The van der Waals surface area contributed by atoms with Crippen molar-refractivity contribution in [1.29, 1.82) is 0 Å². The molecule has 2 aromatic rings. The molecule has 0 radical (unpaired) electrons. The number of piperidine rings is 1. The van der Waals surface area contributed by atoms with Crippen LogP contribution in [-0.4, -0.2) is 52.9 Å². The summed E-state index contributed by atoms with van der Waals surface area (Å²) in [5.41, 5.74) is 1.45. The van der Waals surface area contributed by atoms with E-state index in [0.29, 0.717) is 19.1 Å². The van der Waals surface area contributed by atoms with Crippen LogP contribution in [0.2, 0.25) is 0 Å². The minimum atomic E-state index is -3.45. The Bertz CT molecular complexity index is 819. The van der Waals surface area contributed by atoms with Gasteiger partial charge in [-0.05, 0) is 36.3 Å². The first kappa shape index (κ1) is 16.3. The molecule has 0 aromatic carbocycles. The normalized spacial score (nSPS) is 21.0. The van der Waals surface area contributed by atoms with Crippen molar-refractivity contribution < 1.29 is 8.42 Å². The monoisotopic (exact) mass is 366 g/mol. The van der Waals surface area contributed by atoms with E-state index in [-0.39, 0.29) is 5.03 Å². The van der Waals surface area contributed by atoms with E-state index in [0.717, 1.165) is 32.4 Å². The maximum Gasteiger partial charge on any atom is 0.262 e. The molecule has 0 aliphatic carbocycles. The molecule has 8 heteroatoms. The topological polar surface area (TPSA) is 58.4 Å². The van der Waals surface area contributed by atoms with Crippen LogP contribution in [-0.2, 0) is 30.0 Å². The second-order valence-electron chi connectivity index (χ2n) is 6.60. The summed E-state index contributed by atoms with van der Waals surface area (Å²) in [7, 11) is -1.67. The molecule has 0 saturated carbocycles. The number of rotatable bonds is 3. The van der Waals surface area contributed by atoms with Crippen molar-refractivity contribution in [2.45, 2.75) is 36.9 Å². The number of sulfonamides is 1. The van der Waals surface area contributed by atoms with Crippen molar-refractivity contribution >= 4 is 21.4 Å². The van der Waals surface area contributed by atoms with Crippen LogP contribution >= 0.6 is 11.3 Å². The number of thiophene rings is 1. The van der Waals surface area contributed by atoms with Crippen molar-refractivity contribution in [1.82, 2.24) is 18.8 Å². The highest BCUT2D eigenvalue weighted by molar-refractivity contribution is 7.89. The second-order valence-corrected chi connectivity index (χ2v) is 9.49. The zero-order chi connectivity index (χ0) is 16.7. The van der Waals surface area contributed by atoms with Gasteiger partial charge in [-0.15, -0.1) is 11.3 Å². The fourth-order valence-electron chi connectivity index (χ4n) is 3.68. The van der Waals surface area contributed by atoms with Crippen LogP contribution < -0.4 is 0 Å². The lowest BCUT2D eigenvalue weighted by Crippen LogP contribution is -2.47. The molecule has 2 aliphatic rings. The zero-order valence-corrected chi connectivity index (χ0v) is 15.4. The van der Waals surface area contributed by atoms with E-state index < -0.39 is 10.0 Å². The third kappa shape index (κ3) is 2.92. The molecule has 2 aliphatic heterocycles. The summed E-state index contributed by atoms with van der Waals surface area (Å²) < 4.78 is 28.6. The van der Waals surface area contributed by atoms with Gasteiger partial charge in [0.1, 0.15) is 0 Å². The number of hydrogen-bond acceptors (Lipinski definition) is 5. The molecule has 0 bridgehead atoms. The summed E-state index contributed by atoms with van der Waals surface area (Å²) in [5, 5.41) is 2.33. The standard InChI is InChI=1S/C16H22N4O2S2/c1-18-11-16(17-12-18)24(21,22)20-7-2-14(3-8-20)19-6-4-15-13(10-19)5-9-23-15/h5,9,11-12,14H,2-4,6-8,10H2,1H3.